The van der Waals surface area contributed by atoms with E-state index in [1.165, 1.54) is 23.0 Å². The lowest BCUT2D eigenvalue weighted by Crippen LogP contribution is -2.11. The molecular formula is C11H11FN4O. The first-order valence-corrected chi connectivity index (χ1v) is 4.93. The minimum atomic E-state index is -0.618. The number of carbonyl (C=O) groups excluding carboxylic acids is 1. The number of carbonyl (C=O) groups is 1. The summed E-state index contributed by atoms with van der Waals surface area (Å²) in [5, 5.41) is 3.95. The molecule has 0 atom stereocenters. The number of anilines is 1. The van der Waals surface area contributed by atoms with Crippen LogP contribution in [0.4, 0.5) is 10.2 Å². The lowest BCUT2D eigenvalue weighted by molar-refractivity contribution is 0.100. The Kier molecular flexibility index (Phi) is 2.78. The Labute approximate surface area is 96.8 Å². The zero-order valence-electron chi connectivity index (χ0n) is 8.93. The number of rotatable bonds is 3. The maximum atomic E-state index is 12.7. The zero-order chi connectivity index (χ0) is 12.4. The standard InChI is InChI=1S/C11H11FN4O/c12-8-3-1-7(2-4-8)5-16-6-9(11(14)17)10(13)15-16/h1-4,6H,5H2,(H2,13,15)(H2,14,17). The number of nitrogens with two attached hydrogens (primary N) is 2. The first kappa shape index (κ1) is 11.1. The Morgan fingerprint density at radius 3 is 2.53 bits per heavy atom. The molecule has 4 N–H and O–H groups in total. The molecule has 0 bridgehead atoms. The molecule has 0 fully saturated rings. The maximum Gasteiger partial charge on any atom is 0.254 e. The highest BCUT2D eigenvalue weighted by molar-refractivity contribution is 5.96. The minimum Gasteiger partial charge on any atom is -0.382 e. The van der Waals surface area contributed by atoms with E-state index in [1.807, 2.05) is 0 Å². The van der Waals surface area contributed by atoms with Gasteiger partial charge in [-0.05, 0) is 17.7 Å². The van der Waals surface area contributed by atoms with Crippen molar-refractivity contribution in [3.63, 3.8) is 0 Å². The van der Waals surface area contributed by atoms with Crippen molar-refractivity contribution in [2.45, 2.75) is 6.54 Å². The average Bonchev–Trinajstić information content (AvgIpc) is 2.63. The van der Waals surface area contributed by atoms with Crippen LogP contribution in [0.3, 0.4) is 0 Å². The lowest BCUT2D eigenvalue weighted by Gasteiger charge is -2.00. The van der Waals surface area contributed by atoms with Gasteiger partial charge in [0.2, 0.25) is 0 Å². The molecule has 2 rings (SSSR count). The van der Waals surface area contributed by atoms with Gasteiger partial charge < -0.3 is 11.5 Å². The van der Waals surface area contributed by atoms with Crippen LogP contribution in [0.25, 0.3) is 0 Å². The summed E-state index contributed by atoms with van der Waals surface area (Å²) in [5.41, 5.74) is 11.7. The highest BCUT2D eigenvalue weighted by atomic mass is 19.1. The SMILES string of the molecule is NC(=O)c1cn(Cc2ccc(F)cc2)nc1N. The largest absolute Gasteiger partial charge is 0.382 e. The first-order valence-electron chi connectivity index (χ1n) is 4.93. The number of benzene rings is 1. The molecule has 1 aromatic heterocycles. The van der Waals surface area contributed by atoms with Crippen LogP contribution in [0.5, 0.6) is 0 Å². The number of halogens is 1. The fourth-order valence-electron chi connectivity index (χ4n) is 1.48. The second-order valence-electron chi connectivity index (χ2n) is 3.62. The Bertz CT molecular complexity index is 547. The van der Waals surface area contributed by atoms with Gasteiger partial charge in [0.05, 0.1) is 6.54 Å². The topological polar surface area (TPSA) is 86.9 Å². The molecule has 1 heterocycles. The molecule has 1 aromatic carbocycles. The van der Waals surface area contributed by atoms with Crippen LogP contribution in [-0.2, 0) is 6.54 Å². The predicted octanol–water partition coefficient (Wildman–Crippen LogP) is 0.752. The lowest BCUT2D eigenvalue weighted by atomic mass is 10.2. The number of hydrogen-bond acceptors (Lipinski definition) is 3. The number of primary amides is 1. The van der Waals surface area contributed by atoms with E-state index in [0.717, 1.165) is 5.56 Å². The zero-order valence-corrected chi connectivity index (χ0v) is 8.93. The number of nitrogen functional groups attached to an aromatic ring is 1. The molecule has 0 aliphatic heterocycles. The number of amides is 1. The highest BCUT2D eigenvalue weighted by Crippen LogP contribution is 2.10. The summed E-state index contributed by atoms with van der Waals surface area (Å²) < 4.78 is 14.2. The smallest absolute Gasteiger partial charge is 0.254 e. The van der Waals surface area contributed by atoms with E-state index in [0.29, 0.717) is 6.54 Å². The van der Waals surface area contributed by atoms with Crippen LogP contribution in [0, 0.1) is 5.82 Å². The second kappa shape index (κ2) is 4.25. The summed E-state index contributed by atoms with van der Waals surface area (Å²) >= 11 is 0. The van der Waals surface area contributed by atoms with Gasteiger partial charge in [0.25, 0.3) is 5.91 Å². The first-order chi connectivity index (χ1) is 8.06. The number of nitrogens with zero attached hydrogens (tertiary/aromatic N) is 2. The van der Waals surface area contributed by atoms with E-state index >= 15 is 0 Å². The Balaban J connectivity index is 2.22. The van der Waals surface area contributed by atoms with Crippen LogP contribution in [0.1, 0.15) is 15.9 Å². The molecule has 6 heteroatoms. The van der Waals surface area contributed by atoms with E-state index in [9.17, 15) is 9.18 Å². The van der Waals surface area contributed by atoms with Crippen LogP contribution in [0.2, 0.25) is 0 Å². The molecule has 0 saturated carbocycles. The van der Waals surface area contributed by atoms with Crippen molar-refractivity contribution < 1.29 is 9.18 Å². The fourth-order valence-corrected chi connectivity index (χ4v) is 1.48. The molecule has 0 aliphatic carbocycles. The van der Waals surface area contributed by atoms with Crippen molar-refractivity contribution in [2.24, 2.45) is 5.73 Å². The normalized spacial score (nSPS) is 10.4. The summed E-state index contributed by atoms with van der Waals surface area (Å²) in [6.07, 6.45) is 1.47. The third-order valence-electron chi connectivity index (χ3n) is 2.31. The summed E-state index contributed by atoms with van der Waals surface area (Å²) in [4.78, 5) is 11.0. The Hall–Kier alpha value is -2.37. The van der Waals surface area contributed by atoms with Gasteiger partial charge in [-0.25, -0.2) is 4.39 Å². The molecule has 17 heavy (non-hydrogen) atoms. The van der Waals surface area contributed by atoms with Crippen molar-refractivity contribution in [1.29, 1.82) is 0 Å². The van der Waals surface area contributed by atoms with Gasteiger partial charge in [-0.3, -0.25) is 9.48 Å². The van der Waals surface area contributed by atoms with Gasteiger partial charge >= 0.3 is 0 Å². The third kappa shape index (κ3) is 2.41. The van der Waals surface area contributed by atoms with Gasteiger partial charge in [-0.1, -0.05) is 12.1 Å². The van der Waals surface area contributed by atoms with Crippen LogP contribution >= 0.6 is 0 Å². The third-order valence-corrected chi connectivity index (χ3v) is 2.31. The average molecular weight is 234 g/mol. The van der Waals surface area contributed by atoms with E-state index < -0.39 is 5.91 Å². The van der Waals surface area contributed by atoms with Crippen molar-refractivity contribution >= 4 is 11.7 Å². The van der Waals surface area contributed by atoms with Crippen LogP contribution in [0.15, 0.2) is 30.5 Å². The van der Waals surface area contributed by atoms with E-state index in [1.54, 1.807) is 12.1 Å². The molecule has 0 aliphatic rings. The van der Waals surface area contributed by atoms with Crippen LogP contribution in [-0.4, -0.2) is 15.7 Å². The highest BCUT2D eigenvalue weighted by Gasteiger charge is 2.10. The van der Waals surface area contributed by atoms with E-state index in [4.69, 9.17) is 11.5 Å². The Morgan fingerprint density at radius 1 is 1.35 bits per heavy atom. The summed E-state index contributed by atoms with van der Waals surface area (Å²) in [7, 11) is 0. The van der Waals surface area contributed by atoms with Crippen LogP contribution < -0.4 is 11.5 Å². The van der Waals surface area contributed by atoms with Gasteiger partial charge in [0.15, 0.2) is 5.82 Å². The molecule has 0 spiro atoms. The van der Waals surface area contributed by atoms with E-state index in [2.05, 4.69) is 5.10 Å². The number of aromatic nitrogens is 2. The molecule has 0 unspecified atom stereocenters. The quantitative estimate of drug-likeness (QED) is 0.821. The Morgan fingerprint density at radius 2 is 2.00 bits per heavy atom. The molecule has 0 saturated heterocycles. The molecule has 5 nitrogen and oxygen atoms in total. The van der Waals surface area contributed by atoms with Gasteiger partial charge in [-0.2, -0.15) is 5.10 Å². The molecule has 2 aromatic rings. The van der Waals surface area contributed by atoms with Gasteiger partial charge in [0, 0.05) is 6.20 Å². The monoisotopic (exact) mass is 234 g/mol. The summed E-state index contributed by atoms with van der Waals surface area (Å²) in [5.74, 6) is -0.820. The summed E-state index contributed by atoms with van der Waals surface area (Å²) in [6, 6.07) is 5.99. The van der Waals surface area contributed by atoms with E-state index in [-0.39, 0.29) is 17.2 Å². The van der Waals surface area contributed by atoms with Crippen molar-refractivity contribution in [2.75, 3.05) is 5.73 Å². The predicted molar refractivity (Wildman–Crippen MR) is 60.7 cm³/mol. The molecule has 0 radical (unpaired) electrons. The summed E-state index contributed by atoms with van der Waals surface area (Å²) in [6.45, 7) is 0.401. The molecule has 1 amide bonds. The van der Waals surface area contributed by atoms with Crippen molar-refractivity contribution in [3.05, 3.63) is 47.4 Å². The van der Waals surface area contributed by atoms with Gasteiger partial charge in [0.1, 0.15) is 11.4 Å². The molecular weight excluding hydrogens is 223 g/mol. The van der Waals surface area contributed by atoms with Gasteiger partial charge in [-0.15, -0.1) is 0 Å². The second-order valence-corrected chi connectivity index (χ2v) is 3.62. The minimum absolute atomic E-state index is 0.0969. The fraction of sp³-hybridized carbons (Fsp3) is 0.0909. The van der Waals surface area contributed by atoms with Crippen molar-refractivity contribution in [3.8, 4) is 0 Å². The van der Waals surface area contributed by atoms with Crippen molar-refractivity contribution in [1.82, 2.24) is 9.78 Å². The maximum absolute atomic E-state index is 12.7. The molecule has 88 valence electrons. The number of hydrogen-bond donors (Lipinski definition) is 2.